The second kappa shape index (κ2) is 6.68. The van der Waals surface area contributed by atoms with E-state index in [0.29, 0.717) is 0 Å². The molecule has 2 aromatic heterocycles. The number of carbonyl (C=O) groups is 1. The Morgan fingerprint density at radius 3 is 2.70 bits per heavy atom. The highest BCUT2D eigenvalue weighted by Crippen LogP contribution is 2.38. The number of carbonyl (C=O) groups excluding carboxylic acids is 1. The number of aromatic nitrogens is 2. The summed E-state index contributed by atoms with van der Waals surface area (Å²) in [6, 6.07) is 8.53. The van der Waals surface area contributed by atoms with E-state index < -0.39 is 0 Å². The topological polar surface area (TPSA) is 68.9 Å². The van der Waals surface area contributed by atoms with Gasteiger partial charge in [0.1, 0.15) is 16.2 Å². The fraction of sp³-hybridized carbons (Fsp3) is 0.235. The van der Waals surface area contributed by atoms with Gasteiger partial charge in [-0.2, -0.15) is 0 Å². The summed E-state index contributed by atoms with van der Waals surface area (Å²) in [5.41, 5.74) is 8.93. The molecule has 0 bridgehead atoms. The molecule has 23 heavy (non-hydrogen) atoms. The first-order chi connectivity index (χ1) is 11.1. The van der Waals surface area contributed by atoms with Crippen LogP contribution in [-0.2, 0) is 11.2 Å². The Bertz CT molecular complexity index is 843. The molecule has 3 aromatic rings. The van der Waals surface area contributed by atoms with Crippen LogP contribution in [0.1, 0.15) is 19.4 Å². The Morgan fingerprint density at radius 1 is 1.30 bits per heavy atom. The molecule has 2 N–H and O–H groups in total. The summed E-state index contributed by atoms with van der Waals surface area (Å²) in [6.45, 7) is 3.94. The zero-order chi connectivity index (χ0) is 16.4. The molecule has 4 nitrogen and oxygen atoms in total. The molecular weight excluding hydrogens is 326 g/mol. The van der Waals surface area contributed by atoms with Crippen molar-refractivity contribution in [1.29, 1.82) is 0 Å². The third-order valence-corrected chi connectivity index (χ3v) is 5.70. The average Bonchev–Trinajstić information content (AvgIpc) is 3.00. The smallest absolute Gasteiger partial charge is 0.230 e. The van der Waals surface area contributed by atoms with Gasteiger partial charge in [0.15, 0.2) is 0 Å². The number of benzene rings is 1. The Labute approximate surface area is 143 Å². The Kier molecular flexibility index (Phi) is 4.63. The average molecular weight is 343 g/mol. The maximum absolute atomic E-state index is 11.4. The lowest BCUT2D eigenvalue weighted by Crippen LogP contribution is -2.22. The maximum Gasteiger partial charge on any atom is 0.230 e. The zero-order valence-electron chi connectivity index (χ0n) is 12.9. The molecule has 3 rings (SSSR count). The Morgan fingerprint density at radius 2 is 2.04 bits per heavy atom. The van der Waals surface area contributed by atoms with Gasteiger partial charge in [0.2, 0.25) is 5.91 Å². The fourth-order valence-corrected chi connectivity index (χ4v) is 4.16. The van der Waals surface area contributed by atoms with Crippen LogP contribution in [0.5, 0.6) is 0 Å². The highest BCUT2D eigenvalue weighted by Gasteiger charge is 2.18. The number of hydrogen-bond donors (Lipinski definition) is 1. The Balaban J connectivity index is 2.08. The number of fused-ring (bicyclic) bond motifs is 1. The van der Waals surface area contributed by atoms with Crippen LogP contribution in [0.3, 0.4) is 0 Å². The SMILES string of the molecule is CCc1ccc(-c2csc3ncnc(SC(C)C(N)=O)c23)cc1. The number of thiophene rings is 1. The molecule has 0 saturated heterocycles. The lowest BCUT2D eigenvalue weighted by atomic mass is 10.0. The van der Waals surface area contributed by atoms with Crippen LogP contribution in [0, 0.1) is 0 Å². The van der Waals surface area contributed by atoms with Crippen molar-refractivity contribution in [3.63, 3.8) is 0 Å². The summed E-state index contributed by atoms with van der Waals surface area (Å²) in [4.78, 5) is 21.0. The highest BCUT2D eigenvalue weighted by molar-refractivity contribution is 8.00. The van der Waals surface area contributed by atoms with E-state index in [1.165, 1.54) is 17.3 Å². The number of amides is 1. The minimum absolute atomic E-state index is 0.330. The molecule has 0 aliphatic heterocycles. The molecule has 0 saturated carbocycles. The third-order valence-electron chi connectivity index (χ3n) is 3.70. The van der Waals surface area contributed by atoms with E-state index in [9.17, 15) is 4.79 Å². The summed E-state index contributed by atoms with van der Waals surface area (Å²) in [6.07, 6.45) is 2.56. The summed E-state index contributed by atoms with van der Waals surface area (Å²) >= 11 is 2.97. The van der Waals surface area contributed by atoms with E-state index in [-0.39, 0.29) is 11.2 Å². The van der Waals surface area contributed by atoms with E-state index >= 15 is 0 Å². The molecular formula is C17H17N3OS2. The maximum atomic E-state index is 11.4. The monoisotopic (exact) mass is 343 g/mol. The minimum Gasteiger partial charge on any atom is -0.369 e. The predicted molar refractivity (Wildman–Crippen MR) is 96.7 cm³/mol. The van der Waals surface area contributed by atoms with Crippen molar-refractivity contribution < 1.29 is 4.79 Å². The van der Waals surface area contributed by atoms with E-state index in [4.69, 9.17) is 5.73 Å². The normalized spacial score (nSPS) is 12.4. The van der Waals surface area contributed by atoms with Crippen LogP contribution in [0.2, 0.25) is 0 Å². The van der Waals surface area contributed by atoms with Gasteiger partial charge in [-0.3, -0.25) is 4.79 Å². The van der Waals surface area contributed by atoms with Crippen molar-refractivity contribution in [1.82, 2.24) is 9.97 Å². The number of aryl methyl sites for hydroxylation is 1. The van der Waals surface area contributed by atoms with Crippen molar-refractivity contribution in [2.45, 2.75) is 30.5 Å². The molecule has 0 radical (unpaired) electrons. The first kappa shape index (κ1) is 16.0. The van der Waals surface area contributed by atoms with Gasteiger partial charge in [-0.15, -0.1) is 11.3 Å². The lowest BCUT2D eigenvalue weighted by Gasteiger charge is -2.09. The number of thioether (sulfide) groups is 1. The number of rotatable bonds is 5. The van der Waals surface area contributed by atoms with Crippen LogP contribution in [0.15, 0.2) is 41.0 Å². The molecule has 2 heterocycles. The van der Waals surface area contributed by atoms with Crippen LogP contribution in [0.4, 0.5) is 0 Å². The van der Waals surface area contributed by atoms with Crippen molar-refractivity contribution in [3.05, 3.63) is 41.5 Å². The van der Waals surface area contributed by atoms with Gasteiger partial charge < -0.3 is 5.73 Å². The molecule has 0 fully saturated rings. The van der Waals surface area contributed by atoms with Crippen molar-refractivity contribution >= 4 is 39.2 Å². The van der Waals surface area contributed by atoms with Gasteiger partial charge >= 0.3 is 0 Å². The van der Waals surface area contributed by atoms with Crippen molar-refractivity contribution in [2.24, 2.45) is 5.73 Å². The van der Waals surface area contributed by atoms with Gasteiger partial charge in [0.05, 0.1) is 10.6 Å². The summed E-state index contributed by atoms with van der Waals surface area (Å²) in [7, 11) is 0. The number of nitrogens with zero attached hydrogens (tertiary/aromatic N) is 2. The predicted octanol–water partition coefficient (Wildman–Crippen LogP) is 3.89. The van der Waals surface area contributed by atoms with Crippen LogP contribution >= 0.6 is 23.1 Å². The van der Waals surface area contributed by atoms with E-state index in [1.54, 1.807) is 24.6 Å². The van der Waals surface area contributed by atoms with Crippen molar-refractivity contribution in [3.8, 4) is 11.1 Å². The molecule has 6 heteroatoms. The standard InChI is InChI=1S/C17H17N3OS2/c1-3-11-4-6-12(7-5-11)13-8-22-16-14(13)17(20-9-19-16)23-10(2)15(18)21/h4-10H,3H2,1-2H3,(H2,18,21). The summed E-state index contributed by atoms with van der Waals surface area (Å²) in [5.74, 6) is -0.342. The molecule has 118 valence electrons. The van der Waals surface area contributed by atoms with E-state index in [0.717, 1.165) is 32.8 Å². The van der Waals surface area contributed by atoms with Gasteiger partial charge in [-0.05, 0) is 24.5 Å². The van der Waals surface area contributed by atoms with Crippen LogP contribution in [-0.4, -0.2) is 21.1 Å². The van der Waals surface area contributed by atoms with E-state index in [1.807, 2.05) is 0 Å². The first-order valence-electron chi connectivity index (χ1n) is 7.37. The first-order valence-corrected chi connectivity index (χ1v) is 9.13. The molecule has 1 unspecified atom stereocenters. The van der Waals surface area contributed by atoms with Crippen LogP contribution < -0.4 is 5.73 Å². The quantitative estimate of drug-likeness (QED) is 0.564. The molecule has 0 aliphatic rings. The summed E-state index contributed by atoms with van der Waals surface area (Å²) < 4.78 is 0. The second-order valence-corrected chi connectivity index (χ2v) is 7.41. The van der Waals surface area contributed by atoms with E-state index in [2.05, 4.69) is 46.5 Å². The minimum atomic E-state index is -0.342. The van der Waals surface area contributed by atoms with Gasteiger partial charge in [0.25, 0.3) is 0 Å². The fourth-order valence-electron chi connectivity index (χ4n) is 2.30. The van der Waals surface area contributed by atoms with Gasteiger partial charge in [-0.25, -0.2) is 9.97 Å². The zero-order valence-corrected chi connectivity index (χ0v) is 14.6. The lowest BCUT2D eigenvalue weighted by molar-refractivity contribution is -0.117. The largest absolute Gasteiger partial charge is 0.369 e. The van der Waals surface area contributed by atoms with Crippen LogP contribution in [0.25, 0.3) is 21.3 Å². The number of nitrogens with two attached hydrogens (primary N) is 1. The highest BCUT2D eigenvalue weighted by atomic mass is 32.2. The third kappa shape index (κ3) is 3.23. The molecule has 1 aromatic carbocycles. The molecule has 1 amide bonds. The second-order valence-electron chi connectivity index (χ2n) is 5.22. The summed E-state index contributed by atoms with van der Waals surface area (Å²) in [5, 5.41) is 3.57. The molecule has 1 atom stereocenters. The molecule has 0 spiro atoms. The number of primary amides is 1. The number of hydrogen-bond acceptors (Lipinski definition) is 5. The molecule has 0 aliphatic carbocycles. The Hall–Kier alpha value is -1.92. The van der Waals surface area contributed by atoms with Crippen molar-refractivity contribution in [2.75, 3.05) is 0 Å². The van der Waals surface area contributed by atoms with Gasteiger partial charge in [0, 0.05) is 10.9 Å². The van der Waals surface area contributed by atoms with Gasteiger partial charge in [-0.1, -0.05) is 43.0 Å².